The van der Waals surface area contributed by atoms with Crippen molar-refractivity contribution in [3.05, 3.63) is 47.4 Å². The van der Waals surface area contributed by atoms with Gasteiger partial charge in [0.05, 0.1) is 16.5 Å². The summed E-state index contributed by atoms with van der Waals surface area (Å²) in [6.45, 7) is 1.86. The molecule has 3 heterocycles. The normalized spacial score (nSPS) is 17.2. The van der Waals surface area contributed by atoms with Crippen LogP contribution >= 0.6 is 0 Å². The molecule has 0 aliphatic heterocycles. The van der Waals surface area contributed by atoms with Gasteiger partial charge in [-0.25, -0.2) is 23.7 Å². The molecule has 4 rings (SSSR count). The standard InChI is InChI=1S/C23H26F3N5O2/c1-13(6-9-32)30-22-18-17(11-27-21(18)28-12-29-22)19(33)16-3-2-15(31-20(16)24)10-14-4-7-23(25,26)8-5-14/h2-3,11-14,32H,4-10H2,1H3,(H2,27,28,29,30). The Labute approximate surface area is 188 Å². The van der Waals surface area contributed by atoms with Gasteiger partial charge < -0.3 is 15.4 Å². The van der Waals surface area contributed by atoms with E-state index >= 15 is 0 Å². The van der Waals surface area contributed by atoms with Crippen molar-refractivity contribution in [3.8, 4) is 0 Å². The molecule has 3 N–H and O–H groups in total. The number of anilines is 1. The third kappa shape index (κ3) is 5.16. The number of hydrogen-bond acceptors (Lipinski definition) is 6. The summed E-state index contributed by atoms with van der Waals surface area (Å²) in [6, 6.07) is 2.86. The molecule has 1 saturated carbocycles. The Hall–Kier alpha value is -3.01. The van der Waals surface area contributed by atoms with E-state index in [0.717, 1.165) is 0 Å². The monoisotopic (exact) mass is 461 g/mol. The predicted octanol–water partition coefficient (Wildman–Crippen LogP) is 4.27. The molecule has 1 atom stereocenters. The fourth-order valence-electron chi connectivity index (χ4n) is 4.25. The first-order chi connectivity index (χ1) is 15.8. The van der Waals surface area contributed by atoms with Gasteiger partial charge in [0.25, 0.3) is 0 Å². The van der Waals surface area contributed by atoms with Gasteiger partial charge in [-0.2, -0.15) is 4.39 Å². The van der Waals surface area contributed by atoms with E-state index < -0.39 is 17.7 Å². The van der Waals surface area contributed by atoms with Gasteiger partial charge >= 0.3 is 0 Å². The van der Waals surface area contributed by atoms with Crippen LogP contribution in [0, 0.1) is 11.9 Å². The SMILES string of the molecule is CC(CCO)Nc1ncnc2[nH]cc(C(=O)c3ccc(CC4CCC(F)(F)CC4)nc3F)c12. The van der Waals surface area contributed by atoms with Crippen LogP contribution in [0.15, 0.2) is 24.7 Å². The Balaban J connectivity index is 1.56. The maximum absolute atomic E-state index is 14.8. The number of ketones is 1. The molecule has 3 aromatic rings. The number of halogens is 3. The molecule has 0 saturated heterocycles. The van der Waals surface area contributed by atoms with E-state index in [1.54, 1.807) is 6.07 Å². The van der Waals surface area contributed by atoms with E-state index in [-0.39, 0.29) is 42.5 Å². The van der Waals surface area contributed by atoms with E-state index in [1.165, 1.54) is 18.6 Å². The number of aliphatic hydroxyl groups excluding tert-OH is 1. The third-order valence-electron chi connectivity index (χ3n) is 6.15. The number of H-pyrrole nitrogens is 1. The minimum absolute atomic E-state index is 0.00612. The average molecular weight is 461 g/mol. The van der Waals surface area contributed by atoms with Crippen LogP contribution in [-0.2, 0) is 6.42 Å². The lowest BCUT2D eigenvalue weighted by Gasteiger charge is -2.28. The highest BCUT2D eigenvalue weighted by atomic mass is 19.3. The number of aliphatic hydroxyl groups is 1. The zero-order valence-corrected chi connectivity index (χ0v) is 18.2. The highest BCUT2D eigenvalue weighted by Gasteiger charge is 2.35. The van der Waals surface area contributed by atoms with Gasteiger partial charge in [-0.05, 0) is 50.7 Å². The fourth-order valence-corrected chi connectivity index (χ4v) is 4.25. The number of aromatic nitrogens is 4. The molecule has 10 heteroatoms. The molecule has 33 heavy (non-hydrogen) atoms. The lowest BCUT2D eigenvalue weighted by atomic mass is 9.84. The van der Waals surface area contributed by atoms with Crippen molar-refractivity contribution in [1.82, 2.24) is 19.9 Å². The Morgan fingerprint density at radius 1 is 1.27 bits per heavy atom. The van der Waals surface area contributed by atoms with Gasteiger partial charge in [0.1, 0.15) is 17.8 Å². The predicted molar refractivity (Wildman–Crippen MR) is 117 cm³/mol. The van der Waals surface area contributed by atoms with Gasteiger partial charge in [0.15, 0.2) is 5.78 Å². The summed E-state index contributed by atoms with van der Waals surface area (Å²) in [4.78, 5) is 28.4. The van der Waals surface area contributed by atoms with E-state index in [0.29, 0.717) is 48.2 Å². The molecular formula is C23H26F3N5O2. The van der Waals surface area contributed by atoms with Crippen LogP contribution in [0.2, 0.25) is 0 Å². The van der Waals surface area contributed by atoms with E-state index in [4.69, 9.17) is 5.11 Å². The molecule has 1 aliphatic carbocycles. The highest BCUT2D eigenvalue weighted by molar-refractivity contribution is 6.18. The number of nitrogens with zero attached hydrogens (tertiary/aromatic N) is 3. The molecule has 1 unspecified atom stereocenters. The number of alkyl halides is 2. The van der Waals surface area contributed by atoms with Crippen molar-refractivity contribution in [2.75, 3.05) is 11.9 Å². The largest absolute Gasteiger partial charge is 0.396 e. The summed E-state index contributed by atoms with van der Waals surface area (Å²) in [5.74, 6) is -3.64. The van der Waals surface area contributed by atoms with Gasteiger partial charge in [0.2, 0.25) is 11.9 Å². The number of hydrogen-bond donors (Lipinski definition) is 3. The number of carbonyl (C=O) groups is 1. The summed E-state index contributed by atoms with van der Waals surface area (Å²) in [7, 11) is 0. The lowest BCUT2D eigenvalue weighted by molar-refractivity contribution is -0.0457. The molecular weight excluding hydrogens is 435 g/mol. The first kappa shape index (κ1) is 23.2. The minimum Gasteiger partial charge on any atom is -0.396 e. The second-order valence-electron chi connectivity index (χ2n) is 8.68. The third-order valence-corrected chi connectivity index (χ3v) is 6.15. The topological polar surface area (TPSA) is 104 Å². The van der Waals surface area contributed by atoms with Crippen LogP contribution in [-0.4, -0.2) is 49.4 Å². The molecule has 0 spiro atoms. The van der Waals surface area contributed by atoms with Crippen molar-refractivity contribution in [2.45, 2.75) is 57.4 Å². The average Bonchev–Trinajstić information content (AvgIpc) is 3.20. The van der Waals surface area contributed by atoms with Gasteiger partial charge in [-0.3, -0.25) is 4.79 Å². The van der Waals surface area contributed by atoms with Crippen molar-refractivity contribution in [1.29, 1.82) is 0 Å². The summed E-state index contributed by atoms with van der Waals surface area (Å²) in [5, 5.41) is 12.7. The van der Waals surface area contributed by atoms with Crippen LogP contribution in [0.3, 0.4) is 0 Å². The van der Waals surface area contributed by atoms with Crippen molar-refractivity contribution in [3.63, 3.8) is 0 Å². The molecule has 3 aromatic heterocycles. The van der Waals surface area contributed by atoms with Crippen LogP contribution in [0.5, 0.6) is 0 Å². The second-order valence-corrected chi connectivity index (χ2v) is 8.68. The molecule has 1 fully saturated rings. The smallest absolute Gasteiger partial charge is 0.248 e. The van der Waals surface area contributed by atoms with Crippen molar-refractivity contribution < 1.29 is 23.1 Å². The molecule has 176 valence electrons. The summed E-state index contributed by atoms with van der Waals surface area (Å²) < 4.78 is 41.6. The molecule has 0 bridgehead atoms. The molecule has 1 aliphatic rings. The Kier molecular flexibility index (Phi) is 6.64. The molecule has 7 nitrogen and oxygen atoms in total. The highest BCUT2D eigenvalue weighted by Crippen LogP contribution is 2.37. The van der Waals surface area contributed by atoms with E-state index in [9.17, 15) is 18.0 Å². The molecule has 0 amide bonds. The number of rotatable bonds is 8. The number of pyridine rings is 1. The summed E-state index contributed by atoms with van der Waals surface area (Å²) in [5.41, 5.74) is 0.883. The quantitative estimate of drug-likeness (QED) is 0.342. The molecule has 0 aromatic carbocycles. The van der Waals surface area contributed by atoms with E-state index in [1.807, 2.05) is 6.92 Å². The van der Waals surface area contributed by atoms with E-state index in [2.05, 4.69) is 25.3 Å². The first-order valence-corrected chi connectivity index (χ1v) is 11.0. The van der Waals surface area contributed by atoms with Gasteiger partial charge in [-0.1, -0.05) is 0 Å². The van der Waals surface area contributed by atoms with Gasteiger partial charge in [0, 0.05) is 37.4 Å². The van der Waals surface area contributed by atoms with Crippen LogP contribution in [0.25, 0.3) is 11.0 Å². The maximum Gasteiger partial charge on any atom is 0.248 e. The van der Waals surface area contributed by atoms with Crippen molar-refractivity contribution >= 4 is 22.6 Å². The van der Waals surface area contributed by atoms with Crippen molar-refractivity contribution in [2.24, 2.45) is 5.92 Å². The summed E-state index contributed by atoms with van der Waals surface area (Å²) >= 11 is 0. The van der Waals surface area contributed by atoms with Crippen LogP contribution < -0.4 is 5.32 Å². The lowest BCUT2D eigenvalue weighted by Crippen LogP contribution is -2.25. The first-order valence-electron chi connectivity index (χ1n) is 11.0. The fraction of sp³-hybridized carbons (Fsp3) is 0.478. The Morgan fingerprint density at radius 3 is 2.73 bits per heavy atom. The minimum atomic E-state index is -2.61. The summed E-state index contributed by atoms with van der Waals surface area (Å²) in [6.07, 6.45) is 4.11. The number of fused-ring (bicyclic) bond motifs is 1. The van der Waals surface area contributed by atoms with Crippen LogP contribution in [0.4, 0.5) is 19.0 Å². The molecule has 0 radical (unpaired) electrons. The Bertz CT molecular complexity index is 1140. The Morgan fingerprint density at radius 2 is 2.03 bits per heavy atom. The van der Waals surface area contributed by atoms with Gasteiger partial charge in [-0.15, -0.1) is 0 Å². The number of carbonyl (C=O) groups excluding carboxylic acids is 1. The number of nitrogens with one attached hydrogen (secondary N) is 2. The zero-order chi connectivity index (χ0) is 23.6. The number of aromatic amines is 1. The maximum atomic E-state index is 14.8. The second kappa shape index (κ2) is 9.46. The zero-order valence-electron chi connectivity index (χ0n) is 18.2. The van der Waals surface area contributed by atoms with Crippen LogP contribution in [0.1, 0.15) is 60.6 Å².